The molecule has 0 saturated carbocycles. The molecule has 0 radical (unpaired) electrons. The summed E-state index contributed by atoms with van der Waals surface area (Å²) in [6, 6.07) is 16.8. The highest BCUT2D eigenvalue weighted by Gasteiger charge is 2.27. The van der Waals surface area contributed by atoms with Gasteiger partial charge in [0.2, 0.25) is 0 Å². The molecule has 7 heteroatoms. The van der Waals surface area contributed by atoms with Crippen LogP contribution in [0.3, 0.4) is 0 Å². The number of benzene rings is 2. The van der Waals surface area contributed by atoms with Gasteiger partial charge in [-0.15, -0.1) is 0 Å². The molecule has 0 bridgehead atoms. The molecule has 1 atom stereocenters. The first-order valence-electron chi connectivity index (χ1n) is 12.6. The lowest BCUT2D eigenvalue weighted by Crippen LogP contribution is -2.42. The molecule has 6 rings (SSSR count). The fourth-order valence-corrected chi connectivity index (χ4v) is 5.69. The first kappa shape index (κ1) is 22.7. The molecule has 1 saturated heterocycles. The number of anilines is 1. The lowest BCUT2D eigenvalue weighted by atomic mass is 9.99. The van der Waals surface area contributed by atoms with Crippen LogP contribution in [0.25, 0.3) is 28.2 Å². The van der Waals surface area contributed by atoms with Crippen molar-refractivity contribution in [2.75, 3.05) is 32.1 Å². The SMILES string of the molecule is CN(C)C1CCN(c2nc(-c3ccc(C#N)cc3)c(-c3ccc4c(c3)C(O)CC4)n3ccnc23)CC1. The molecule has 7 nitrogen and oxygen atoms in total. The fraction of sp³-hybridized carbons (Fsp3) is 0.345. The maximum Gasteiger partial charge on any atom is 0.180 e. The van der Waals surface area contributed by atoms with Crippen LogP contribution in [0.5, 0.6) is 0 Å². The number of hydrogen-bond acceptors (Lipinski definition) is 6. The maximum absolute atomic E-state index is 10.6. The van der Waals surface area contributed by atoms with Gasteiger partial charge in [-0.2, -0.15) is 5.26 Å². The third-order valence-corrected chi connectivity index (χ3v) is 7.77. The van der Waals surface area contributed by atoms with E-state index in [1.54, 1.807) is 0 Å². The zero-order valence-electron chi connectivity index (χ0n) is 20.7. The van der Waals surface area contributed by atoms with Crippen LogP contribution in [0.1, 0.15) is 42.1 Å². The van der Waals surface area contributed by atoms with E-state index in [-0.39, 0.29) is 0 Å². The second-order valence-electron chi connectivity index (χ2n) is 10.1. The zero-order valence-corrected chi connectivity index (χ0v) is 20.7. The van der Waals surface area contributed by atoms with Crippen LogP contribution in [-0.4, -0.2) is 57.6 Å². The van der Waals surface area contributed by atoms with Crippen molar-refractivity contribution in [1.82, 2.24) is 19.3 Å². The zero-order chi connectivity index (χ0) is 24.8. The topological polar surface area (TPSA) is 80.7 Å². The van der Waals surface area contributed by atoms with Crippen molar-refractivity contribution in [1.29, 1.82) is 5.26 Å². The van der Waals surface area contributed by atoms with E-state index < -0.39 is 6.10 Å². The number of nitrogens with zero attached hydrogens (tertiary/aromatic N) is 6. The van der Waals surface area contributed by atoms with Crippen LogP contribution in [0, 0.1) is 11.3 Å². The maximum atomic E-state index is 10.6. The summed E-state index contributed by atoms with van der Waals surface area (Å²) in [5.74, 6) is 0.890. The molecule has 1 aliphatic carbocycles. The van der Waals surface area contributed by atoms with Gasteiger partial charge in [0, 0.05) is 42.7 Å². The first-order chi connectivity index (χ1) is 17.5. The Labute approximate surface area is 211 Å². The Hall–Kier alpha value is -3.73. The third kappa shape index (κ3) is 3.83. The van der Waals surface area contributed by atoms with Crippen LogP contribution in [0.2, 0.25) is 0 Å². The summed E-state index contributed by atoms with van der Waals surface area (Å²) in [5, 5.41) is 19.9. The lowest BCUT2D eigenvalue weighted by molar-refractivity contribution is 0.180. The Morgan fingerprint density at radius 1 is 1.03 bits per heavy atom. The number of hydrogen-bond donors (Lipinski definition) is 1. The average molecular weight is 479 g/mol. The summed E-state index contributed by atoms with van der Waals surface area (Å²) in [4.78, 5) is 14.7. The molecule has 1 N–H and O–H groups in total. The first-order valence-corrected chi connectivity index (χ1v) is 12.6. The minimum atomic E-state index is -0.429. The molecular weight excluding hydrogens is 448 g/mol. The summed E-state index contributed by atoms with van der Waals surface area (Å²) in [6.45, 7) is 1.85. The van der Waals surface area contributed by atoms with E-state index in [1.165, 1.54) is 5.56 Å². The van der Waals surface area contributed by atoms with E-state index in [9.17, 15) is 10.4 Å². The van der Waals surface area contributed by atoms with E-state index in [0.29, 0.717) is 11.6 Å². The van der Waals surface area contributed by atoms with Gasteiger partial charge < -0.3 is 14.9 Å². The quantitative estimate of drug-likeness (QED) is 0.467. The number of fused-ring (bicyclic) bond motifs is 2. The Balaban J connectivity index is 1.54. The van der Waals surface area contributed by atoms with E-state index in [0.717, 1.165) is 78.3 Å². The van der Waals surface area contributed by atoms with Crippen molar-refractivity contribution >= 4 is 11.5 Å². The molecule has 182 valence electrons. The molecule has 0 spiro atoms. The molecule has 2 aromatic heterocycles. The van der Waals surface area contributed by atoms with E-state index >= 15 is 0 Å². The Kier molecular flexibility index (Phi) is 5.71. The van der Waals surface area contributed by atoms with Crippen molar-refractivity contribution in [3.63, 3.8) is 0 Å². The Morgan fingerprint density at radius 3 is 2.50 bits per heavy atom. The van der Waals surface area contributed by atoms with Gasteiger partial charge in [-0.3, -0.25) is 4.40 Å². The third-order valence-electron chi connectivity index (χ3n) is 7.77. The normalized spacial score (nSPS) is 18.1. The van der Waals surface area contributed by atoms with Gasteiger partial charge in [-0.05, 0) is 69.1 Å². The van der Waals surface area contributed by atoms with Crippen molar-refractivity contribution in [3.05, 3.63) is 71.5 Å². The van der Waals surface area contributed by atoms with Crippen LogP contribution >= 0.6 is 0 Å². The van der Waals surface area contributed by atoms with Gasteiger partial charge in [0.25, 0.3) is 0 Å². The number of rotatable bonds is 4. The molecule has 4 aromatic rings. The summed E-state index contributed by atoms with van der Waals surface area (Å²) < 4.78 is 2.14. The monoisotopic (exact) mass is 478 g/mol. The van der Waals surface area contributed by atoms with Crippen molar-refractivity contribution in [2.45, 2.75) is 37.8 Å². The van der Waals surface area contributed by atoms with Gasteiger partial charge in [-0.1, -0.05) is 24.3 Å². The second-order valence-corrected chi connectivity index (χ2v) is 10.1. The molecule has 3 heterocycles. The molecule has 2 aliphatic rings. The van der Waals surface area contributed by atoms with Gasteiger partial charge >= 0.3 is 0 Å². The highest BCUT2D eigenvalue weighted by Crippen LogP contribution is 2.39. The predicted molar refractivity (Wildman–Crippen MR) is 141 cm³/mol. The molecule has 1 fully saturated rings. The molecule has 2 aromatic carbocycles. The number of imidazole rings is 1. The number of aryl methyl sites for hydroxylation is 1. The molecular formula is C29H30N6O. The number of piperidine rings is 1. The summed E-state index contributed by atoms with van der Waals surface area (Å²) in [6.07, 6.45) is 7.24. The summed E-state index contributed by atoms with van der Waals surface area (Å²) in [5.41, 5.74) is 7.42. The van der Waals surface area contributed by atoms with Crippen LogP contribution in [0.15, 0.2) is 54.9 Å². The molecule has 36 heavy (non-hydrogen) atoms. The fourth-order valence-electron chi connectivity index (χ4n) is 5.69. The smallest absolute Gasteiger partial charge is 0.180 e. The Morgan fingerprint density at radius 2 is 1.78 bits per heavy atom. The van der Waals surface area contributed by atoms with Crippen molar-refractivity contribution in [3.8, 4) is 28.6 Å². The molecule has 0 amide bonds. The van der Waals surface area contributed by atoms with Gasteiger partial charge in [0.15, 0.2) is 11.5 Å². The van der Waals surface area contributed by atoms with Gasteiger partial charge in [0.1, 0.15) is 0 Å². The number of aromatic nitrogens is 3. The highest BCUT2D eigenvalue weighted by molar-refractivity contribution is 5.84. The summed E-state index contributed by atoms with van der Waals surface area (Å²) in [7, 11) is 4.30. The lowest BCUT2D eigenvalue weighted by Gasteiger charge is -2.36. The standard InChI is InChI=1S/C29H30N6O/c1-33(2)23-11-14-34(15-12-23)29-28-31-13-16-35(28)27(22-8-7-20-9-10-25(36)24(20)17-22)26(32-29)21-5-3-19(18-30)4-6-21/h3-8,13,16-17,23,25,36H,9-12,14-15H2,1-2H3. The molecule has 1 unspecified atom stereocenters. The van der Waals surface area contributed by atoms with Crippen LogP contribution in [-0.2, 0) is 6.42 Å². The molecule has 1 aliphatic heterocycles. The van der Waals surface area contributed by atoms with Crippen LogP contribution in [0.4, 0.5) is 5.82 Å². The minimum absolute atomic E-state index is 0.429. The highest BCUT2D eigenvalue weighted by atomic mass is 16.3. The van der Waals surface area contributed by atoms with Crippen molar-refractivity contribution in [2.24, 2.45) is 0 Å². The van der Waals surface area contributed by atoms with E-state index in [4.69, 9.17) is 9.97 Å². The average Bonchev–Trinajstić information content (AvgIpc) is 3.55. The van der Waals surface area contributed by atoms with E-state index in [1.807, 2.05) is 36.7 Å². The predicted octanol–water partition coefficient (Wildman–Crippen LogP) is 4.44. The number of nitriles is 1. The second kappa shape index (κ2) is 9.05. The van der Waals surface area contributed by atoms with Gasteiger partial charge in [-0.25, -0.2) is 9.97 Å². The van der Waals surface area contributed by atoms with E-state index in [2.05, 4.69) is 52.6 Å². The number of aliphatic hydroxyl groups excluding tert-OH is 1. The number of aliphatic hydroxyl groups is 1. The summed E-state index contributed by atoms with van der Waals surface area (Å²) >= 11 is 0. The largest absolute Gasteiger partial charge is 0.388 e. The van der Waals surface area contributed by atoms with Gasteiger partial charge in [0.05, 0.1) is 29.1 Å². The van der Waals surface area contributed by atoms with Crippen LogP contribution < -0.4 is 4.90 Å². The Bertz CT molecular complexity index is 1460. The minimum Gasteiger partial charge on any atom is -0.388 e. The van der Waals surface area contributed by atoms with Crippen molar-refractivity contribution < 1.29 is 5.11 Å².